The molecule has 0 spiro atoms. The normalized spacial score (nSPS) is 12.5. The van der Waals surface area contributed by atoms with Crippen molar-refractivity contribution in [2.75, 3.05) is 0 Å². The van der Waals surface area contributed by atoms with Crippen LogP contribution in [0.25, 0.3) is 17.2 Å². The first-order valence-electron chi connectivity index (χ1n) is 9.51. The van der Waals surface area contributed by atoms with Gasteiger partial charge in [-0.1, -0.05) is 91.9 Å². The molecule has 0 amide bonds. The van der Waals surface area contributed by atoms with E-state index in [4.69, 9.17) is 0 Å². The third-order valence-electron chi connectivity index (χ3n) is 4.30. The Morgan fingerprint density at radius 2 is 1.52 bits per heavy atom. The van der Waals surface area contributed by atoms with E-state index >= 15 is 0 Å². The van der Waals surface area contributed by atoms with Crippen LogP contribution in [-0.4, -0.2) is 0 Å². The quantitative estimate of drug-likeness (QED) is 0.295. The third kappa shape index (κ3) is 6.35. The van der Waals surface area contributed by atoms with Gasteiger partial charge < -0.3 is 0 Å². The first-order valence-corrected chi connectivity index (χ1v) is 9.51. The van der Waals surface area contributed by atoms with Gasteiger partial charge in [0.25, 0.3) is 0 Å². The summed E-state index contributed by atoms with van der Waals surface area (Å²) in [5.41, 5.74) is 5.85. The molecule has 0 unspecified atom stereocenters. The summed E-state index contributed by atoms with van der Waals surface area (Å²) in [6.07, 6.45) is 12.2. The van der Waals surface area contributed by atoms with Crippen LogP contribution in [0.15, 0.2) is 91.1 Å². The first-order chi connectivity index (χ1) is 14.1. The van der Waals surface area contributed by atoms with Crippen LogP contribution in [0.2, 0.25) is 0 Å². The van der Waals surface area contributed by atoms with Crippen LogP contribution in [-0.2, 0) is 0 Å². The van der Waals surface area contributed by atoms with E-state index in [0.717, 1.165) is 28.7 Å². The fourth-order valence-electron chi connectivity index (χ4n) is 2.73. The molecule has 2 nitrogen and oxygen atoms in total. The second kappa shape index (κ2) is 11.1. The summed E-state index contributed by atoms with van der Waals surface area (Å²) in [4.78, 5) is 0. The van der Waals surface area contributed by atoms with Gasteiger partial charge in [0.1, 0.15) is 0 Å². The van der Waals surface area contributed by atoms with E-state index in [1.54, 1.807) is 6.08 Å². The Bertz CT molecular complexity index is 1050. The molecule has 0 atom stereocenters. The molecular formula is C27H24N2. The molecule has 0 radical (unpaired) electrons. The number of allylic oxidation sites excluding steroid dienone is 8. The van der Waals surface area contributed by atoms with Gasteiger partial charge in [-0.25, -0.2) is 0 Å². The van der Waals surface area contributed by atoms with Gasteiger partial charge in [-0.05, 0) is 47.8 Å². The minimum atomic E-state index is 0.562. The van der Waals surface area contributed by atoms with Crippen molar-refractivity contribution in [1.82, 2.24) is 0 Å². The Morgan fingerprint density at radius 3 is 2.03 bits per heavy atom. The van der Waals surface area contributed by atoms with E-state index in [9.17, 15) is 10.5 Å². The molecule has 29 heavy (non-hydrogen) atoms. The van der Waals surface area contributed by atoms with Crippen LogP contribution in [0.5, 0.6) is 0 Å². The van der Waals surface area contributed by atoms with E-state index in [1.807, 2.05) is 85.8 Å². The lowest BCUT2D eigenvalue weighted by atomic mass is 9.98. The van der Waals surface area contributed by atoms with Gasteiger partial charge in [0.05, 0.1) is 23.3 Å². The summed E-state index contributed by atoms with van der Waals surface area (Å²) < 4.78 is 0. The van der Waals surface area contributed by atoms with Gasteiger partial charge in [0.15, 0.2) is 0 Å². The molecule has 0 aliphatic rings. The van der Waals surface area contributed by atoms with Crippen LogP contribution in [0.3, 0.4) is 0 Å². The Balaban J connectivity index is 2.35. The third-order valence-corrected chi connectivity index (χ3v) is 4.30. The SMILES string of the molecule is C=C/C=C(\C=C/CC)/C=C(\C#N)c1ccc(/C(C#N)=C/c2ccc(C)cc2)cc1. The van der Waals surface area contributed by atoms with Gasteiger partial charge in [-0.2, -0.15) is 10.5 Å². The summed E-state index contributed by atoms with van der Waals surface area (Å²) >= 11 is 0. The van der Waals surface area contributed by atoms with Crippen LogP contribution < -0.4 is 0 Å². The van der Waals surface area contributed by atoms with E-state index in [-0.39, 0.29) is 0 Å². The zero-order chi connectivity index (χ0) is 21.1. The molecule has 0 aromatic heterocycles. The molecule has 2 aromatic rings. The smallest absolute Gasteiger partial charge is 0.0998 e. The zero-order valence-corrected chi connectivity index (χ0v) is 16.9. The number of nitriles is 2. The molecule has 0 saturated carbocycles. The zero-order valence-electron chi connectivity index (χ0n) is 16.9. The molecule has 0 N–H and O–H groups in total. The van der Waals surface area contributed by atoms with Crippen LogP contribution in [0.4, 0.5) is 0 Å². The predicted molar refractivity (Wildman–Crippen MR) is 122 cm³/mol. The number of hydrogen-bond donors (Lipinski definition) is 0. The van der Waals surface area contributed by atoms with Crippen LogP contribution >= 0.6 is 0 Å². The Kier molecular flexibility index (Phi) is 8.18. The number of nitrogens with zero attached hydrogens (tertiary/aromatic N) is 2. The van der Waals surface area contributed by atoms with E-state index in [2.05, 4.69) is 25.6 Å². The number of benzene rings is 2. The lowest BCUT2D eigenvalue weighted by Gasteiger charge is -2.04. The lowest BCUT2D eigenvalue weighted by molar-refractivity contribution is 1.22. The van der Waals surface area contributed by atoms with E-state index in [0.29, 0.717) is 11.1 Å². The second-order valence-electron chi connectivity index (χ2n) is 6.54. The van der Waals surface area contributed by atoms with Gasteiger partial charge in [-0.15, -0.1) is 0 Å². The molecule has 0 saturated heterocycles. The van der Waals surface area contributed by atoms with Crippen molar-refractivity contribution in [2.45, 2.75) is 20.3 Å². The summed E-state index contributed by atoms with van der Waals surface area (Å²) in [5.74, 6) is 0. The molecule has 142 valence electrons. The van der Waals surface area contributed by atoms with Crippen molar-refractivity contribution in [1.29, 1.82) is 10.5 Å². The summed E-state index contributed by atoms with van der Waals surface area (Å²) in [6.45, 7) is 7.83. The first kappa shape index (κ1) is 21.4. The molecule has 2 rings (SSSR count). The average molecular weight is 377 g/mol. The van der Waals surface area contributed by atoms with Crippen molar-refractivity contribution in [3.63, 3.8) is 0 Å². The maximum absolute atomic E-state index is 9.60. The van der Waals surface area contributed by atoms with Gasteiger partial charge in [-0.3, -0.25) is 0 Å². The highest BCUT2D eigenvalue weighted by Crippen LogP contribution is 2.22. The van der Waals surface area contributed by atoms with Gasteiger partial charge in [0.2, 0.25) is 0 Å². The molecule has 0 fully saturated rings. The van der Waals surface area contributed by atoms with Crippen molar-refractivity contribution >= 4 is 17.2 Å². The van der Waals surface area contributed by atoms with E-state index < -0.39 is 0 Å². The molecule has 0 aliphatic heterocycles. The highest BCUT2D eigenvalue weighted by molar-refractivity contribution is 5.90. The summed E-state index contributed by atoms with van der Waals surface area (Å²) in [7, 11) is 0. The molecule has 0 aliphatic carbocycles. The number of hydrogen-bond acceptors (Lipinski definition) is 2. The summed E-state index contributed by atoms with van der Waals surface area (Å²) in [6, 6.07) is 20.1. The summed E-state index contributed by atoms with van der Waals surface area (Å²) in [5, 5.41) is 19.2. The number of aryl methyl sites for hydroxylation is 1. The van der Waals surface area contributed by atoms with Crippen molar-refractivity contribution < 1.29 is 0 Å². The van der Waals surface area contributed by atoms with Crippen LogP contribution in [0, 0.1) is 29.6 Å². The lowest BCUT2D eigenvalue weighted by Crippen LogP contribution is -1.87. The van der Waals surface area contributed by atoms with Crippen molar-refractivity contribution in [3.8, 4) is 12.1 Å². The van der Waals surface area contributed by atoms with Crippen LogP contribution in [0.1, 0.15) is 35.6 Å². The molecular weight excluding hydrogens is 352 g/mol. The average Bonchev–Trinajstić information content (AvgIpc) is 2.75. The Morgan fingerprint density at radius 1 is 0.931 bits per heavy atom. The predicted octanol–water partition coefficient (Wildman–Crippen LogP) is 7.04. The Hall–Kier alpha value is -3.88. The minimum Gasteiger partial charge on any atom is -0.192 e. The highest BCUT2D eigenvalue weighted by Gasteiger charge is 2.05. The van der Waals surface area contributed by atoms with Crippen molar-refractivity contribution in [3.05, 3.63) is 113 Å². The highest BCUT2D eigenvalue weighted by atomic mass is 14.3. The maximum Gasteiger partial charge on any atom is 0.0998 e. The fourth-order valence-corrected chi connectivity index (χ4v) is 2.73. The van der Waals surface area contributed by atoms with Gasteiger partial charge in [0, 0.05) is 0 Å². The van der Waals surface area contributed by atoms with Gasteiger partial charge >= 0.3 is 0 Å². The largest absolute Gasteiger partial charge is 0.192 e. The van der Waals surface area contributed by atoms with Crippen molar-refractivity contribution in [2.24, 2.45) is 0 Å². The number of rotatable bonds is 7. The second-order valence-corrected chi connectivity index (χ2v) is 6.54. The topological polar surface area (TPSA) is 47.6 Å². The minimum absolute atomic E-state index is 0.562. The standard InChI is InChI=1S/C27H24N2/c1-4-6-8-22(7-5-2)17-26(19-28)24-13-15-25(16-14-24)27(20-29)18-23-11-9-21(3)10-12-23/h5-18H,2,4H2,1,3H3/b8-6-,22-7+,26-17+,27-18+. The molecule has 0 bridgehead atoms. The maximum atomic E-state index is 9.60. The monoisotopic (exact) mass is 376 g/mol. The molecule has 2 heteroatoms. The molecule has 2 aromatic carbocycles. The van der Waals surface area contributed by atoms with E-state index in [1.165, 1.54) is 5.56 Å². The Labute approximate surface area is 173 Å². The fraction of sp³-hybridized carbons (Fsp3) is 0.111. The molecule has 0 heterocycles.